The van der Waals surface area contributed by atoms with Crippen molar-refractivity contribution >= 4 is 39.7 Å². The van der Waals surface area contributed by atoms with Crippen molar-refractivity contribution in [3.05, 3.63) is 26.7 Å². The first-order valence-corrected chi connectivity index (χ1v) is 10.6. The molecule has 3 amide bonds. The van der Waals surface area contributed by atoms with E-state index in [0.29, 0.717) is 30.5 Å². The molecule has 2 N–H and O–H groups in total. The molecule has 0 unspecified atom stereocenters. The highest BCUT2D eigenvalue weighted by Gasteiger charge is 2.24. The Bertz CT molecular complexity index is 792. The Balaban J connectivity index is 1.25. The number of rotatable bonds is 6. The first kappa shape index (κ1) is 17.4. The zero-order chi connectivity index (χ0) is 17.9. The molecule has 26 heavy (non-hydrogen) atoms. The van der Waals surface area contributed by atoms with E-state index in [1.165, 1.54) is 34.7 Å². The molecule has 2 aromatic heterocycles. The molecule has 0 bridgehead atoms. The first-order valence-electron chi connectivity index (χ1n) is 8.93. The van der Waals surface area contributed by atoms with Crippen molar-refractivity contribution in [1.29, 1.82) is 0 Å². The molecule has 4 rings (SSSR count). The molecule has 1 aliphatic heterocycles. The smallest absolute Gasteiger partial charge is 0.323 e. The van der Waals surface area contributed by atoms with Gasteiger partial charge in [-0.25, -0.2) is 14.8 Å². The highest BCUT2D eigenvalue weighted by atomic mass is 32.1. The van der Waals surface area contributed by atoms with Gasteiger partial charge in [0.15, 0.2) is 5.13 Å². The summed E-state index contributed by atoms with van der Waals surface area (Å²) in [6.45, 7) is 1.85. The molecule has 0 aromatic carbocycles. The van der Waals surface area contributed by atoms with E-state index in [0.717, 1.165) is 24.3 Å². The summed E-state index contributed by atoms with van der Waals surface area (Å²) in [5, 5.41) is 9.31. The molecule has 7 nitrogen and oxygen atoms in total. The van der Waals surface area contributed by atoms with Crippen molar-refractivity contribution in [2.45, 2.75) is 38.5 Å². The lowest BCUT2D eigenvalue weighted by atomic mass is 10.0. The van der Waals surface area contributed by atoms with Crippen LogP contribution in [0.1, 0.15) is 34.1 Å². The highest BCUT2D eigenvalue weighted by Crippen LogP contribution is 2.26. The normalized spacial score (nSPS) is 16.5. The molecule has 0 spiro atoms. The van der Waals surface area contributed by atoms with Crippen LogP contribution in [0.25, 0.3) is 0 Å². The fourth-order valence-corrected chi connectivity index (χ4v) is 5.21. The molecule has 3 heterocycles. The van der Waals surface area contributed by atoms with Crippen molar-refractivity contribution in [2.24, 2.45) is 0 Å². The van der Waals surface area contributed by atoms with Crippen LogP contribution in [0.15, 0.2) is 5.38 Å². The first-order chi connectivity index (χ1) is 12.7. The number of urea groups is 1. The van der Waals surface area contributed by atoms with Gasteiger partial charge in [-0.15, -0.1) is 22.7 Å². The van der Waals surface area contributed by atoms with Gasteiger partial charge in [0.05, 0.1) is 22.8 Å². The van der Waals surface area contributed by atoms with E-state index in [-0.39, 0.29) is 18.4 Å². The number of nitrogens with zero attached hydrogens (tertiary/aromatic N) is 3. The predicted octanol–water partition coefficient (Wildman–Crippen LogP) is 1.91. The summed E-state index contributed by atoms with van der Waals surface area (Å²) in [4.78, 5) is 35.9. The van der Waals surface area contributed by atoms with Crippen LogP contribution in [-0.2, 0) is 30.5 Å². The monoisotopic (exact) mass is 391 g/mol. The number of aromatic nitrogens is 2. The van der Waals surface area contributed by atoms with Crippen molar-refractivity contribution in [3.8, 4) is 0 Å². The fraction of sp³-hybridized carbons (Fsp3) is 0.529. The van der Waals surface area contributed by atoms with Gasteiger partial charge >= 0.3 is 6.03 Å². The highest BCUT2D eigenvalue weighted by molar-refractivity contribution is 7.14. The van der Waals surface area contributed by atoms with E-state index in [4.69, 9.17) is 4.98 Å². The molecule has 1 aliphatic carbocycles. The summed E-state index contributed by atoms with van der Waals surface area (Å²) < 4.78 is 0. The lowest BCUT2D eigenvalue weighted by Gasteiger charge is -2.08. The molecule has 0 atom stereocenters. The maximum Gasteiger partial charge on any atom is 0.323 e. The van der Waals surface area contributed by atoms with Crippen LogP contribution in [-0.4, -0.2) is 41.5 Å². The van der Waals surface area contributed by atoms with Crippen molar-refractivity contribution in [2.75, 3.05) is 24.5 Å². The maximum absolute atomic E-state index is 12.1. The third-order valence-corrected chi connectivity index (χ3v) is 6.65. The van der Waals surface area contributed by atoms with Crippen molar-refractivity contribution in [1.82, 2.24) is 20.6 Å². The van der Waals surface area contributed by atoms with Gasteiger partial charge in [0.2, 0.25) is 5.91 Å². The van der Waals surface area contributed by atoms with E-state index in [1.54, 1.807) is 16.2 Å². The van der Waals surface area contributed by atoms with E-state index >= 15 is 0 Å². The Morgan fingerprint density at radius 2 is 2.19 bits per heavy atom. The molecular formula is C17H21N5O2S2. The van der Waals surface area contributed by atoms with E-state index in [1.807, 2.05) is 5.38 Å². The Morgan fingerprint density at radius 3 is 3.00 bits per heavy atom. The number of carbonyl (C=O) groups is 2. The average molecular weight is 392 g/mol. The molecule has 2 aliphatic rings. The SMILES string of the molecule is O=C(Cc1csc(N2CCNC2=O)n1)NCCc1nc2c(s1)CCCC2. The Kier molecular flexibility index (Phi) is 5.16. The molecule has 0 saturated carbocycles. The zero-order valence-electron chi connectivity index (χ0n) is 14.4. The number of nitrogens with one attached hydrogen (secondary N) is 2. The summed E-state index contributed by atoms with van der Waals surface area (Å²) >= 11 is 3.19. The lowest BCUT2D eigenvalue weighted by Crippen LogP contribution is -2.28. The van der Waals surface area contributed by atoms with Crippen LogP contribution in [0.4, 0.5) is 9.93 Å². The molecule has 1 saturated heterocycles. The molecule has 9 heteroatoms. The largest absolute Gasteiger partial charge is 0.355 e. The molecule has 1 fully saturated rings. The fourth-order valence-electron chi connectivity index (χ4n) is 3.20. The number of amides is 3. The second kappa shape index (κ2) is 7.71. The van der Waals surface area contributed by atoms with Crippen LogP contribution in [0.5, 0.6) is 0 Å². The average Bonchev–Trinajstić information content (AvgIpc) is 3.33. The minimum Gasteiger partial charge on any atom is -0.355 e. The molecule has 2 aromatic rings. The summed E-state index contributed by atoms with van der Waals surface area (Å²) in [5.74, 6) is -0.0472. The predicted molar refractivity (Wildman–Crippen MR) is 102 cm³/mol. The number of anilines is 1. The van der Waals surface area contributed by atoms with Gasteiger partial charge in [-0.1, -0.05) is 0 Å². The van der Waals surface area contributed by atoms with Crippen LogP contribution < -0.4 is 15.5 Å². The third-order valence-electron chi connectivity index (χ3n) is 4.52. The van der Waals surface area contributed by atoms with Gasteiger partial charge in [0.25, 0.3) is 0 Å². The summed E-state index contributed by atoms with van der Waals surface area (Å²) in [6, 6.07) is -0.124. The second-order valence-electron chi connectivity index (χ2n) is 6.47. The van der Waals surface area contributed by atoms with E-state index < -0.39 is 0 Å². The summed E-state index contributed by atoms with van der Waals surface area (Å²) in [6.07, 6.45) is 5.77. The van der Waals surface area contributed by atoms with Crippen LogP contribution in [0.2, 0.25) is 0 Å². The second-order valence-corrected chi connectivity index (χ2v) is 8.47. The Labute approximate surface area is 159 Å². The van der Waals surface area contributed by atoms with Gasteiger partial charge in [0.1, 0.15) is 0 Å². The maximum atomic E-state index is 12.1. The number of hydrogen-bond donors (Lipinski definition) is 2. The Hall–Kier alpha value is -2.00. The van der Waals surface area contributed by atoms with E-state index in [9.17, 15) is 9.59 Å². The van der Waals surface area contributed by atoms with Crippen molar-refractivity contribution < 1.29 is 9.59 Å². The minimum atomic E-state index is -0.124. The number of carbonyl (C=O) groups excluding carboxylic acids is 2. The van der Waals surface area contributed by atoms with Gasteiger partial charge in [-0.3, -0.25) is 9.69 Å². The standard InChI is InChI=1S/C17H21N5O2S2/c23-14(9-11-10-25-17(20-11)22-8-7-19-16(22)24)18-6-5-15-21-12-3-1-2-4-13(12)26-15/h10H,1-9H2,(H,18,23)(H,19,24). The van der Waals surface area contributed by atoms with Crippen LogP contribution in [0.3, 0.4) is 0 Å². The lowest BCUT2D eigenvalue weighted by molar-refractivity contribution is -0.120. The summed E-state index contributed by atoms with van der Waals surface area (Å²) in [5.41, 5.74) is 1.97. The van der Waals surface area contributed by atoms with Gasteiger partial charge in [0, 0.05) is 36.3 Å². The molecular weight excluding hydrogens is 370 g/mol. The number of fused-ring (bicyclic) bond motifs is 1. The zero-order valence-corrected chi connectivity index (χ0v) is 16.0. The Morgan fingerprint density at radius 1 is 1.31 bits per heavy atom. The third kappa shape index (κ3) is 3.88. The number of hydrogen-bond acceptors (Lipinski definition) is 6. The minimum absolute atomic E-state index is 0.0472. The quantitative estimate of drug-likeness (QED) is 0.787. The molecule has 0 radical (unpaired) electrons. The number of aryl methyl sites for hydroxylation is 2. The number of thiazole rings is 2. The molecule has 138 valence electrons. The van der Waals surface area contributed by atoms with Crippen molar-refractivity contribution in [3.63, 3.8) is 0 Å². The van der Waals surface area contributed by atoms with Gasteiger partial charge < -0.3 is 10.6 Å². The van der Waals surface area contributed by atoms with E-state index in [2.05, 4.69) is 15.6 Å². The van der Waals surface area contributed by atoms with Crippen LogP contribution in [0, 0.1) is 0 Å². The van der Waals surface area contributed by atoms with Gasteiger partial charge in [-0.05, 0) is 25.7 Å². The van der Waals surface area contributed by atoms with Crippen LogP contribution >= 0.6 is 22.7 Å². The topological polar surface area (TPSA) is 87.2 Å². The summed E-state index contributed by atoms with van der Waals surface area (Å²) in [7, 11) is 0. The van der Waals surface area contributed by atoms with Gasteiger partial charge in [-0.2, -0.15) is 0 Å².